The molecule has 2 aromatic heterocycles. The number of anilines is 1. The Morgan fingerprint density at radius 3 is 2.52 bits per heavy atom. The number of hydrogen-bond acceptors (Lipinski definition) is 7. The Morgan fingerprint density at radius 2 is 1.90 bits per heavy atom. The Morgan fingerprint density at radius 1 is 1.16 bits per heavy atom. The van der Waals surface area contributed by atoms with Gasteiger partial charge in [-0.05, 0) is 51.3 Å². The van der Waals surface area contributed by atoms with Crippen LogP contribution >= 0.6 is 11.8 Å². The van der Waals surface area contributed by atoms with Gasteiger partial charge in [0.2, 0.25) is 0 Å². The molecule has 1 saturated carbocycles. The number of methoxy groups -OCH3 is 2. The number of fused-ring (bicyclic) bond motifs is 1. The highest BCUT2D eigenvalue weighted by molar-refractivity contribution is 7.98. The van der Waals surface area contributed by atoms with Crippen LogP contribution < -0.4 is 14.8 Å². The summed E-state index contributed by atoms with van der Waals surface area (Å²) in [6.07, 6.45) is 7.24. The summed E-state index contributed by atoms with van der Waals surface area (Å²) in [7, 11) is 3.38. The van der Waals surface area contributed by atoms with E-state index in [9.17, 15) is 0 Å². The zero-order valence-corrected chi connectivity index (χ0v) is 19.9. The average Bonchev–Trinajstić information content (AvgIpc) is 3.63. The molecule has 0 unspecified atom stereocenters. The lowest BCUT2D eigenvalue weighted by Crippen LogP contribution is -2.19. The van der Waals surface area contributed by atoms with Crippen molar-refractivity contribution in [2.24, 2.45) is 5.92 Å². The second-order valence-corrected chi connectivity index (χ2v) is 8.81. The van der Waals surface area contributed by atoms with E-state index in [-0.39, 0.29) is 0 Å². The van der Waals surface area contributed by atoms with Gasteiger partial charge in [0.15, 0.2) is 11.0 Å². The summed E-state index contributed by atoms with van der Waals surface area (Å²) in [5.74, 6) is 3.12. The van der Waals surface area contributed by atoms with Crippen molar-refractivity contribution in [3.05, 3.63) is 29.5 Å². The standard InChI is InChI=1S/C24H30N4O2S/c1-7-17-20(30-5)11-19(29-4)13(2)21(17)18-10-16-12-25-24(31-6)28-22(16)23(27-18)26-14(3)15-8-9-15/h10-12,14-15H,7-9H2,1-6H3,(H,26,27)/t14-/m1/s1. The van der Waals surface area contributed by atoms with Crippen molar-refractivity contribution in [2.45, 2.75) is 51.2 Å². The van der Waals surface area contributed by atoms with E-state index in [0.717, 1.165) is 62.2 Å². The van der Waals surface area contributed by atoms with E-state index in [1.165, 1.54) is 24.6 Å². The Bertz CT molecular complexity index is 1110. The molecule has 2 heterocycles. The number of hydrogen-bond donors (Lipinski definition) is 1. The van der Waals surface area contributed by atoms with Crippen LogP contribution in [-0.4, -0.2) is 41.5 Å². The zero-order chi connectivity index (χ0) is 22.1. The SMILES string of the molecule is CCc1c(OC)cc(OC)c(C)c1-c1cc2cnc(SC)nc2c(N[C@H](C)C2CC2)n1. The Hall–Kier alpha value is -2.54. The number of benzene rings is 1. The number of thioether (sulfide) groups is 1. The van der Waals surface area contributed by atoms with Crippen LogP contribution in [-0.2, 0) is 6.42 Å². The summed E-state index contributed by atoms with van der Waals surface area (Å²) < 4.78 is 11.3. The first-order chi connectivity index (χ1) is 15.0. The van der Waals surface area contributed by atoms with Crippen LogP contribution in [0.5, 0.6) is 11.5 Å². The molecule has 0 aliphatic heterocycles. The van der Waals surface area contributed by atoms with E-state index < -0.39 is 0 Å². The molecule has 1 N–H and O–H groups in total. The Kier molecular flexibility index (Phi) is 6.23. The van der Waals surface area contributed by atoms with Gasteiger partial charge in [0.25, 0.3) is 0 Å². The van der Waals surface area contributed by atoms with Crippen LogP contribution in [0.1, 0.15) is 37.8 Å². The molecule has 31 heavy (non-hydrogen) atoms. The largest absolute Gasteiger partial charge is 0.496 e. The molecule has 1 aliphatic rings. The minimum Gasteiger partial charge on any atom is -0.496 e. The highest BCUT2D eigenvalue weighted by Crippen LogP contribution is 2.41. The molecule has 1 atom stereocenters. The van der Waals surface area contributed by atoms with Gasteiger partial charge < -0.3 is 14.8 Å². The molecule has 1 aromatic carbocycles. The molecule has 0 bridgehead atoms. The highest BCUT2D eigenvalue weighted by Gasteiger charge is 2.29. The van der Waals surface area contributed by atoms with Gasteiger partial charge in [0, 0.05) is 40.4 Å². The summed E-state index contributed by atoms with van der Waals surface area (Å²) in [6, 6.07) is 4.39. The molecule has 0 radical (unpaired) electrons. The van der Waals surface area contributed by atoms with Gasteiger partial charge in [-0.3, -0.25) is 0 Å². The monoisotopic (exact) mass is 438 g/mol. The van der Waals surface area contributed by atoms with Crippen LogP contribution in [0, 0.1) is 12.8 Å². The average molecular weight is 439 g/mol. The number of ether oxygens (including phenoxy) is 2. The second kappa shape index (κ2) is 8.91. The van der Waals surface area contributed by atoms with E-state index in [0.29, 0.717) is 12.0 Å². The summed E-state index contributed by atoms with van der Waals surface area (Å²) in [6.45, 7) is 6.44. The first kappa shape index (κ1) is 21.7. The molecule has 6 nitrogen and oxygen atoms in total. The summed E-state index contributed by atoms with van der Waals surface area (Å²) in [5, 5.41) is 5.37. The minimum absolute atomic E-state index is 0.352. The van der Waals surface area contributed by atoms with Gasteiger partial charge >= 0.3 is 0 Å². The lowest BCUT2D eigenvalue weighted by Gasteiger charge is -2.20. The first-order valence-electron chi connectivity index (χ1n) is 10.7. The molecule has 0 spiro atoms. The topological polar surface area (TPSA) is 69.2 Å². The maximum Gasteiger partial charge on any atom is 0.187 e. The van der Waals surface area contributed by atoms with Crippen LogP contribution in [0.25, 0.3) is 22.2 Å². The Balaban J connectivity index is 1.96. The van der Waals surface area contributed by atoms with Gasteiger partial charge in [-0.2, -0.15) is 0 Å². The summed E-state index contributed by atoms with van der Waals surface area (Å²) in [4.78, 5) is 14.4. The van der Waals surface area contributed by atoms with E-state index >= 15 is 0 Å². The fraction of sp³-hybridized carbons (Fsp3) is 0.458. The zero-order valence-electron chi connectivity index (χ0n) is 19.1. The quantitative estimate of drug-likeness (QED) is 0.367. The fourth-order valence-corrected chi connectivity index (χ4v) is 4.50. The molecule has 1 fully saturated rings. The molecular weight excluding hydrogens is 408 g/mol. The normalized spacial score (nSPS) is 14.5. The van der Waals surface area contributed by atoms with Crippen molar-refractivity contribution >= 4 is 28.5 Å². The maximum absolute atomic E-state index is 5.70. The predicted octanol–water partition coefficient (Wildman–Crippen LogP) is 5.51. The van der Waals surface area contributed by atoms with Crippen LogP contribution in [0.3, 0.4) is 0 Å². The van der Waals surface area contributed by atoms with Crippen LogP contribution in [0.2, 0.25) is 0 Å². The summed E-state index contributed by atoms with van der Waals surface area (Å²) in [5.41, 5.74) is 4.97. The third-order valence-corrected chi connectivity index (χ3v) is 6.64. The molecule has 0 saturated heterocycles. The van der Waals surface area contributed by atoms with Crippen molar-refractivity contribution in [3.63, 3.8) is 0 Å². The number of nitrogens with zero attached hydrogens (tertiary/aromatic N) is 3. The smallest absolute Gasteiger partial charge is 0.187 e. The maximum atomic E-state index is 5.70. The van der Waals surface area contributed by atoms with Gasteiger partial charge in [-0.25, -0.2) is 15.0 Å². The van der Waals surface area contributed by atoms with Gasteiger partial charge in [0.05, 0.1) is 19.9 Å². The molecular formula is C24H30N4O2S. The number of rotatable bonds is 8. The number of pyridine rings is 1. The first-order valence-corrected chi connectivity index (χ1v) is 12.0. The molecule has 0 amide bonds. The third kappa shape index (κ3) is 4.15. The van der Waals surface area contributed by atoms with E-state index in [1.54, 1.807) is 14.2 Å². The van der Waals surface area contributed by atoms with E-state index in [2.05, 4.69) is 37.1 Å². The predicted molar refractivity (Wildman–Crippen MR) is 128 cm³/mol. The van der Waals surface area contributed by atoms with E-state index in [1.807, 2.05) is 18.5 Å². The van der Waals surface area contributed by atoms with Crippen molar-refractivity contribution in [1.29, 1.82) is 0 Å². The van der Waals surface area contributed by atoms with Crippen molar-refractivity contribution in [3.8, 4) is 22.8 Å². The van der Waals surface area contributed by atoms with Gasteiger partial charge in [-0.1, -0.05) is 18.7 Å². The Labute approximate surface area is 188 Å². The third-order valence-electron chi connectivity index (χ3n) is 6.08. The van der Waals surface area contributed by atoms with Gasteiger partial charge in [-0.15, -0.1) is 0 Å². The molecule has 1 aliphatic carbocycles. The lowest BCUT2D eigenvalue weighted by atomic mass is 9.94. The van der Waals surface area contributed by atoms with Crippen LogP contribution in [0.4, 0.5) is 5.82 Å². The minimum atomic E-state index is 0.352. The highest BCUT2D eigenvalue weighted by atomic mass is 32.2. The fourth-order valence-electron chi connectivity index (χ4n) is 4.16. The molecule has 164 valence electrons. The van der Waals surface area contributed by atoms with Crippen molar-refractivity contribution < 1.29 is 9.47 Å². The van der Waals surface area contributed by atoms with Crippen molar-refractivity contribution in [2.75, 3.05) is 25.8 Å². The van der Waals surface area contributed by atoms with E-state index in [4.69, 9.17) is 19.4 Å². The van der Waals surface area contributed by atoms with Gasteiger partial charge in [0.1, 0.15) is 17.0 Å². The number of aromatic nitrogens is 3. The number of nitrogens with one attached hydrogen (secondary N) is 1. The second-order valence-electron chi connectivity index (χ2n) is 8.03. The molecule has 3 aromatic rings. The summed E-state index contributed by atoms with van der Waals surface area (Å²) >= 11 is 1.54. The van der Waals surface area contributed by atoms with Crippen molar-refractivity contribution in [1.82, 2.24) is 15.0 Å². The van der Waals surface area contributed by atoms with Crippen LogP contribution in [0.15, 0.2) is 23.5 Å². The lowest BCUT2D eigenvalue weighted by molar-refractivity contribution is 0.390. The molecule has 4 rings (SSSR count). The molecule has 7 heteroatoms.